The van der Waals surface area contributed by atoms with Gasteiger partial charge < -0.3 is 4.43 Å². The third-order valence-corrected chi connectivity index (χ3v) is 7.32. The topological polar surface area (TPSA) is 9.23 Å². The van der Waals surface area contributed by atoms with Crippen molar-refractivity contribution >= 4 is 13.5 Å². The van der Waals surface area contributed by atoms with Crippen molar-refractivity contribution in [3.8, 4) is 0 Å². The Balaban J connectivity index is 2.36. The molecule has 0 aliphatic rings. The van der Waals surface area contributed by atoms with Gasteiger partial charge in [-0.05, 0) is 31.1 Å². The van der Waals surface area contributed by atoms with Crippen molar-refractivity contribution < 1.29 is 4.43 Å². The number of rotatable bonds is 13. The van der Waals surface area contributed by atoms with Crippen LogP contribution in [-0.2, 0) is 4.43 Å². The second kappa shape index (κ2) is 11.9. The lowest BCUT2D eigenvalue weighted by atomic mass is 10.0. The fourth-order valence-electron chi connectivity index (χ4n) is 3.24. The minimum atomic E-state index is -1.77. The summed E-state index contributed by atoms with van der Waals surface area (Å²) in [7, 11) is -1.77. The maximum atomic E-state index is 6.65. The molecule has 1 aromatic carbocycles. The maximum absolute atomic E-state index is 6.65. The van der Waals surface area contributed by atoms with Crippen molar-refractivity contribution in [1.82, 2.24) is 0 Å². The zero-order chi connectivity index (χ0) is 17.0. The van der Waals surface area contributed by atoms with E-state index in [1.165, 1.54) is 69.4 Å². The van der Waals surface area contributed by atoms with Crippen LogP contribution in [0.1, 0.15) is 78.1 Å². The van der Waals surface area contributed by atoms with E-state index in [2.05, 4.69) is 57.3 Å². The van der Waals surface area contributed by atoms with Crippen LogP contribution in [-0.4, -0.2) is 14.4 Å². The molecule has 0 heterocycles. The van der Waals surface area contributed by atoms with Gasteiger partial charge in [0.2, 0.25) is 8.32 Å². The van der Waals surface area contributed by atoms with E-state index in [4.69, 9.17) is 4.43 Å². The van der Waals surface area contributed by atoms with Gasteiger partial charge in [-0.3, -0.25) is 0 Å². The van der Waals surface area contributed by atoms with Crippen molar-refractivity contribution in [2.45, 2.75) is 97.3 Å². The lowest BCUT2D eigenvalue weighted by Crippen LogP contribution is -2.47. The Bertz CT molecular complexity index is 388. The highest BCUT2D eigenvalue weighted by Gasteiger charge is 2.28. The Hall–Kier alpha value is -0.603. The van der Waals surface area contributed by atoms with E-state index in [1.807, 2.05) is 0 Å². The Kier molecular flexibility index (Phi) is 10.5. The van der Waals surface area contributed by atoms with Gasteiger partial charge in [-0.15, -0.1) is 0 Å². The van der Waals surface area contributed by atoms with Gasteiger partial charge in [-0.1, -0.05) is 95.5 Å². The third kappa shape index (κ3) is 8.71. The monoisotopic (exact) mass is 334 g/mol. The molecule has 0 aliphatic carbocycles. The molecule has 23 heavy (non-hydrogen) atoms. The largest absolute Gasteiger partial charge is 0.410 e. The third-order valence-electron chi connectivity index (χ3n) is 4.67. The molecule has 0 saturated carbocycles. The van der Waals surface area contributed by atoms with Crippen LogP contribution in [0.3, 0.4) is 0 Å². The van der Waals surface area contributed by atoms with Crippen LogP contribution in [0.4, 0.5) is 0 Å². The highest BCUT2D eigenvalue weighted by atomic mass is 28.4. The van der Waals surface area contributed by atoms with E-state index in [1.54, 1.807) is 0 Å². The summed E-state index contributed by atoms with van der Waals surface area (Å²) in [6.07, 6.45) is 13.8. The number of benzene rings is 1. The van der Waals surface area contributed by atoms with Crippen LogP contribution in [0, 0.1) is 0 Å². The van der Waals surface area contributed by atoms with E-state index in [-0.39, 0.29) is 0 Å². The molecule has 0 radical (unpaired) electrons. The molecular weight excluding hydrogens is 296 g/mol. The fraction of sp³-hybridized carbons (Fsp3) is 0.714. The van der Waals surface area contributed by atoms with Gasteiger partial charge in [-0.2, -0.15) is 0 Å². The molecule has 1 atom stereocenters. The molecular formula is C21H38OSi. The van der Waals surface area contributed by atoms with Crippen LogP contribution in [0.25, 0.3) is 0 Å². The van der Waals surface area contributed by atoms with Gasteiger partial charge in [0.15, 0.2) is 0 Å². The van der Waals surface area contributed by atoms with E-state index in [9.17, 15) is 0 Å². The molecule has 1 aromatic rings. The quantitative estimate of drug-likeness (QED) is 0.298. The van der Waals surface area contributed by atoms with Crippen molar-refractivity contribution in [3.63, 3.8) is 0 Å². The Morgan fingerprint density at radius 3 is 2.00 bits per heavy atom. The molecule has 0 bridgehead atoms. The van der Waals surface area contributed by atoms with Crippen molar-refractivity contribution in [2.75, 3.05) is 0 Å². The SMILES string of the molecule is CCCCCCCCCC(CCC)O[Si](C)(C)c1ccccc1. The Labute approximate surface area is 146 Å². The average molecular weight is 335 g/mol. The van der Waals surface area contributed by atoms with E-state index in [0.717, 1.165) is 0 Å². The first-order valence-electron chi connectivity index (χ1n) is 9.83. The van der Waals surface area contributed by atoms with Crippen molar-refractivity contribution in [2.24, 2.45) is 0 Å². The van der Waals surface area contributed by atoms with E-state index in [0.29, 0.717) is 6.10 Å². The summed E-state index contributed by atoms with van der Waals surface area (Å²) in [5, 5.41) is 1.42. The summed E-state index contributed by atoms with van der Waals surface area (Å²) in [4.78, 5) is 0. The average Bonchev–Trinajstić information content (AvgIpc) is 2.54. The van der Waals surface area contributed by atoms with Gasteiger partial charge in [0.05, 0.1) is 0 Å². The Morgan fingerprint density at radius 1 is 0.783 bits per heavy atom. The smallest absolute Gasteiger partial charge is 0.218 e. The summed E-state index contributed by atoms with van der Waals surface area (Å²) in [5.74, 6) is 0. The van der Waals surface area contributed by atoms with Gasteiger partial charge in [-0.25, -0.2) is 0 Å². The van der Waals surface area contributed by atoms with Gasteiger partial charge in [0, 0.05) is 6.10 Å². The molecule has 0 saturated heterocycles. The number of hydrogen-bond acceptors (Lipinski definition) is 1. The van der Waals surface area contributed by atoms with E-state index < -0.39 is 8.32 Å². The normalized spacial score (nSPS) is 13.2. The minimum absolute atomic E-state index is 0.456. The molecule has 1 nitrogen and oxygen atoms in total. The summed E-state index contributed by atoms with van der Waals surface area (Å²) in [5.41, 5.74) is 0. The van der Waals surface area contributed by atoms with Crippen molar-refractivity contribution in [1.29, 1.82) is 0 Å². The molecule has 0 fully saturated rings. The highest BCUT2D eigenvalue weighted by Crippen LogP contribution is 2.19. The summed E-state index contributed by atoms with van der Waals surface area (Å²) in [6, 6.07) is 10.8. The molecule has 132 valence electrons. The number of unbranched alkanes of at least 4 members (excludes halogenated alkanes) is 6. The standard InChI is InChI=1S/C21H38OSi/c1-5-7-8-9-10-11-13-17-20(16-6-2)22-23(3,4)21-18-14-12-15-19-21/h12,14-15,18-20H,5-11,13,16-17H2,1-4H3. The number of hydrogen-bond donors (Lipinski definition) is 0. The second-order valence-electron chi connectivity index (χ2n) is 7.31. The van der Waals surface area contributed by atoms with Gasteiger partial charge in [0.25, 0.3) is 0 Å². The summed E-state index contributed by atoms with van der Waals surface area (Å²) >= 11 is 0. The van der Waals surface area contributed by atoms with Gasteiger partial charge in [0.1, 0.15) is 0 Å². The highest BCUT2D eigenvalue weighted by molar-refractivity contribution is 6.84. The molecule has 0 aromatic heterocycles. The molecule has 1 unspecified atom stereocenters. The minimum Gasteiger partial charge on any atom is -0.410 e. The molecule has 0 aliphatic heterocycles. The fourth-order valence-corrected chi connectivity index (χ4v) is 5.44. The lowest BCUT2D eigenvalue weighted by Gasteiger charge is -2.30. The maximum Gasteiger partial charge on any atom is 0.218 e. The van der Waals surface area contributed by atoms with Crippen LogP contribution in [0.5, 0.6) is 0 Å². The second-order valence-corrected chi connectivity index (χ2v) is 11.1. The summed E-state index contributed by atoms with van der Waals surface area (Å²) < 4.78 is 6.65. The lowest BCUT2D eigenvalue weighted by molar-refractivity contribution is 0.171. The first kappa shape index (κ1) is 20.4. The summed E-state index contributed by atoms with van der Waals surface area (Å²) in [6.45, 7) is 9.24. The first-order chi connectivity index (χ1) is 11.1. The van der Waals surface area contributed by atoms with Crippen LogP contribution >= 0.6 is 0 Å². The van der Waals surface area contributed by atoms with Crippen LogP contribution < -0.4 is 5.19 Å². The first-order valence-corrected chi connectivity index (χ1v) is 12.7. The molecule has 2 heteroatoms. The predicted molar refractivity (Wildman–Crippen MR) is 106 cm³/mol. The predicted octanol–water partition coefficient (Wildman–Crippen LogP) is 6.42. The molecule has 1 rings (SSSR count). The molecule has 0 spiro atoms. The zero-order valence-corrected chi connectivity index (χ0v) is 16.9. The Morgan fingerprint density at radius 2 is 1.39 bits per heavy atom. The van der Waals surface area contributed by atoms with Crippen LogP contribution in [0.15, 0.2) is 30.3 Å². The van der Waals surface area contributed by atoms with Crippen molar-refractivity contribution in [3.05, 3.63) is 30.3 Å². The molecule has 0 N–H and O–H groups in total. The van der Waals surface area contributed by atoms with E-state index >= 15 is 0 Å². The molecule has 0 amide bonds. The van der Waals surface area contributed by atoms with Crippen LogP contribution in [0.2, 0.25) is 13.1 Å². The van der Waals surface area contributed by atoms with Gasteiger partial charge >= 0.3 is 0 Å². The zero-order valence-electron chi connectivity index (χ0n) is 15.9.